The summed E-state index contributed by atoms with van der Waals surface area (Å²) in [6, 6.07) is 11.3. The molecule has 0 amide bonds. The van der Waals surface area contributed by atoms with Gasteiger partial charge in [0.2, 0.25) is 0 Å². The van der Waals surface area contributed by atoms with Crippen molar-refractivity contribution < 1.29 is 19.5 Å². The summed E-state index contributed by atoms with van der Waals surface area (Å²) in [6.07, 6.45) is 0. The minimum Gasteiger partial charge on any atom is -0.493 e. The Bertz CT molecular complexity index is 624. The van der Waals surface area contributed by atoms with E-state index in [1.807, 2.05) is 0 Å². The van der Waals surface area contributed by atoms with Gasteiger partial charge < -0.3 is 14.6 Å². The molecular formula is C15H15NO5. The summed E-state index contributed by atoms with van der Waals surface area (Å²) in [4.78, 5) is 10.1. The van der Waals surface area contributed by atoms with Gasteiger partial charge >= 0.3 is 0 Å². The van der Waals surface area contributed by atoms with Crippen molar-refractivity contribution in [3.8, 4) is 11.5 Å². The van der Waals surface area contributed by atoms with Gasteiger partial charge in [0.1, 0.15) is 6.61 Å². The monoisotopic (exact) mass is 289 g/mol. The van der Waals surface area contributed by atoms with Gasteiger partial charge in [0.25, 0.3) is 5.69 Å². The number of hydrogen-bond acceptors (Lipinski definition) is 5. The van der Waals surface area contributed by atoms with E-state index in [1.54, 1.807) is 30.3 Å². The van der Waals surface area contributed by atoms with Gasteiger partial charge in [-0.1, -0.05) is 6.07 Å². The van der Waals surface area contributed by atoms with Gasteiger partial charge in [0, 0.05) is 12.1 Å². The number of benzene rings is 2. The maximum Gasteiger partial charge on any atom is 0.269 e. The summed E-state index contributed by atoms with van der Waals surface area (Å²) in [6.45, 7) is 0.200. The number of ether oxygens (including phenoxy) is 2. The first-order valence-corrected chi connectivity index (χ1v) is 6.28. The van der Waals surface area contributed by atoms with E-state index >= 15 is 0 Å². The van der Waals surface area contributed by atoms with E-state index in [0.29, 0.717) is 11.5 Å². The Labute approximate surface area is 121 Å². The number of non-ortho nitro benzene ring substituents is 1. The first kappa shape index (κ1) is 14.8. The van der Waals surface area contributed by atoms with Crippen LogP contribution in [0.15, 0.2) is 42.5 Å². The van der Waals surface area contributed by atoms with Crippen molar-refractivity contribution in [2.24, 2.45) is 0 Å². The van der Waals surface area contributed by atoms with Gasteiger partial charge in [-0.15, -0.1) is 0 Å². The van der Waals surface area contributed by atoms with Crippen molar-refractivity contribution in [3.63, 3.8) is 0 Å². The summed E-state index contributed by atoms with van der Waals surface area (Å²) in [5, 5.41) is 19.6. The minimum absolute atomic E-state index is 0.0450. The molecule has 2 aromatic carbocycles. The fourth-order valence-electron chi connectivity index (χ4n) is 1.80. The van der Waals surface area contributed by atoms with Crippen LogP contribution in [0.1, 0.15) is 11.1 Å². The van der Waals surface area contributed by atoms with Crippen LogP contribution in [0.2, 0.25) is 0 Å². The largest absolute Gasteiger partial charge is 0.493 e. The predicted molar refractivity (Wildman–Crippen MR) is 76.3 cm³/mol. The highest BCUT2D eigenvalue weighted by Crippen LogP contribution is 2.29. The average Bonchev–Trinajstić information content (AvgIpc) is 2.53. The Morgan fingerprint density at radius 1 is 1.10 bits per heavy atom. The molecule has 0 aliphatic heterocycles. The van der Waals surface area contributed by atoms with Crippen LogP contribution in [-0.2, 0) is 13.2 Å². The van der Waals surface area contributed by atoms with E-state index in [9.17, 15) is 10.1 Å². The third kappa shape index (κ3) is 3.70. The molecule has 0 spiro atoms. The molecule has 2 rings (SSSR count). The van der Waals surface area contributed by atoms with Crippen LogP contribution >= 0.6 is 0 Å². The van der Waals surface area contributed by atoms with E-state index in [0.717, 1.165) is 11.1 Å². The topological polar surface area (TPSA) is 81.8 Å². The molecule has 0 aliphatic carbocycles. The van der Waals surface area contributed by atoms with Crippen LogP contribution in [0, 0.1) is 10.1 Å². The average molecular weight is 289 g/mol. The second-order valence-electron chi connectivity index (χ2n) is 4.36. The zero-order valence-corrected chi connectivity index (χ0v) is 11.5. The van der Waals surface area contributed by atoms with Crippen molar-refractivity contribution in [3.05, 3.63) is 63.7 Å². The maximum absolute atomic E-state index is 10.6. The first-order valence-electron chi connectivity index (χ1n) is 6.28. The molecular weight excluding hydrogens is 274 g/mol. The van der Waals surface area contributed by atoms with E-state index < -0.39 is 4.92 Å². The van der Waals surface area contributed by atoms with Crippen molar-refractivity contribution in [1.29, 1.82) is 0 Å². The summed E-state index contributed by atoms with van der Waals surface area (Å²) in [7, 11) is 1.52. The minimum atomic E-state index is -0.443. The van der Waals surface area contributed by atoms with E-state index in [-0.39, 0.29) is 18.9 Å². The molecule has 0 atom stereocenters. The lowest BCUT2D eigenvalue weighted by atomic mass is 10.2. The highest BCUT2D eigenvalue weighted by Gasteiger charge is 2.07. The third-order valence-corrected chi connectivity index (χ3v) is 2.95. The molecule has 0 unspecified atom stereocenters. The number of rotatable bonds is 6. The molecule has 0 saturated heterocycles. The molecule has 1 N–H and O–H groups in total. The summed E-state index contributed by atoms with van der Waals surface area (Å²) >= 11 is 0. The molecule has 0 aromatic heterocycles. The van der Waals surface area contributed by atoms with Gasteiger partial charge in [-0.3, -0.25) is 10.1 Å². The molecule has 110 valence electrons. The van der Waals surface area contributed by atoms with Crippen molar-refractivity contribution in [2.75, 3.05) is 7.11 Å². The Balaban J connectivity index is 2.07. The lowest BCUT2D eigenvalue weighted by molar-refractivity contribution is -0.384. The SMILES string of the molecule is COc1cc(CO)ccc1OCc1ccc([N+](=O)[O-])cc1. The van der Waals surface area contributed by atoms with Gasteiger partial charge in [-0.25, -0.2) is 0 Å². The van der Waals surface area contributed by atoms with Gasteiger partial charge in [-0.05, 0) is 35.4 Å². The second-order valence-corrected chi connectivity index (χ2v) is 4.36. The molecule has 21 heavy (non-hydrogen) atoms. The van der Waals surface area contributed by atoms with Crippen LogP contribution in [0.3, 0.4) is 0 Å². The molecule has 6 nitrogen and oxygen atoms in total. The van der Waals surface area contributed by atoms with Crippen LogP contribution in [0.5, 0.6) is 11.5 Å². The van der Waals surface area contributed by atoms with E-state index in [4.69, 9.17) is 14.6 Å². The zero-order valence-electron chi connectivity index (χ0n) is 11.5. The second kappa shape index (κ2) is 6.71. The first-order chi connectivity index (χ1) is 10.1. The number of hydrogen-bond donors (Lipinski definition) is 1. The van der Waals surface area contributed by atoms with Gasteiger partial charge in [0.05, 0.1) is 18.6 Å². The Hall–Kier alpha value is -2.60. The molecule has 0 heterocycles. The number of methoxy groups -OCH3 is 1. The van der Waals surface area contributed by atoms with E-state index in [1.165, 1.54) is 19.2 Å². The third-order valence-electron chi connectivity index (χ3n) is 2.95. The lowest BCUT2D eigenvalue weighted by Gasteiger charge is -2.11. The van der Waals surface area contributed by atoms with Crippen LogP contribution in [0.25, 0.3) is 0 Å². The van der Waals surface area contributed by atoms with Crippen molar-refractivity contribution in [2.45, 2.75) is 13.2 Å². The quantitative estimate of drug-likeness (QED) is 0.653. The predicted octanol–water partition coefficient (Wildman–Crippen LogP) is 2.67. The van der Waals surface area contributed by atoms with Gasteiger partial charge in [-0.2, -0.15) is 0 Å². The summed E-state index contributed by atoms with van der Waals surface area (Å²) in [5.41, 5.74) is 1.59. The fraction of sp³-hybridized carbons (Fsp3) is 0.200. The zero-order chi connectivity index (χ0) is 15.2. The summed E-state index contributed by atoms with van der Waals surface area (Å²) in [5.74, 6) is 1.08. The normalized spacial score (nSPS) is 10.2. The fourth-order valence-corrected chi connectivity index (χ4v) is 1.80. The smallest absolute Gasteiger partial charge is 0.269 e. The Kier molecular flexibility index (Phi) is 4.73. The number of aliphatic hydroxyl groups is 1. The number of nitrogens with zero attached hydrogens (tertiary/aromatic N) is 1. The van der Waals surface area contributed by atoms with Crippen molar-refractivity contribution >= 4 is 5.69 Å². The van der Waals surface area contributed by atoms with E-state index in [2.05, 4.69) is 0 Å². The molecule has 2 aromatic rings. The number of aliphatic hydroxyl groups excluding tert-OH is 1. The molecule has 0 saturated carbocycles. The lowest BCUT2D eigenvalue weighted by Crippen LogP contribution is -1.99. The number of nitro benzene ring substituents is 1. The number of nitro groups is 1. The van der Waals surface area contributed by atoms with Gasteiger partial charge in [0.15, 0.2) is 11.5 Å². The Morgan fingerprint density at radius 3 is 2.33 bits per heavy atom. The van der Waals surface area contributed by atoms with Crippen LogP contribution in [-0.4, -0.2) is 17.1 Å². The molecule has 0 aliphatic rings. The van der Waals surface area contributed by atoms with Crippen molar-refractivity contribution in [1.82, 2.24) is 0 Å². The molecule has 0 radical (unpaired) electrons. The van der Waals surface area contributed by atoms with Crippen LogP contribution < -0.4 is 9.47 Å². The summed E-state index contributed by atoms with van der Waals surface area (Å²) < 4.78 is 10.8. The highest BCUT2D eigenvalue weighted by molar-refractivity contribution is 5.43. The Morgan fingerprint density at radius 2 is 1.76 bits per heavy atom. The maximum atomic E-state index is 10.6. The highest BCUT2D eigenvalue weighted by atomic mass is 16.6. The molecule has 0 bridgehead atoms. The molecule has 0 fully saturated rings. The standard InChI is InChI=1S/C15H15NO5/c1-20-15-8-12(9-17)4-7-14(15)21-10-11-2-5-13(6-3-11)16(18)19/h2-8,17H,9-10H2,1H3. The van der Waals surface area contributed by atoms with Crippen LogP contribution in [0.4, 0.5) is 5.69 Å². The molecule has 6 heteroatoms.